The van der Waals surface area contributed by atoms with Crippen molar-refractivity contribution in [3.05, 3.63) is 94.5 Å². The lowest BCUT2D eigenvalue weighted by atomic mass is 9.95. The number of nitrogens with zero attached hydrogens (tertiary/aromatic N) is 2. The van der Waals surface area contributed by atoms with Crippen LogP contribution in [0.3, 0.4) is 0 Å². The Morgan fingerprint density at radius 2 is 1.69 bits per heavy atom. The van der Waals surface area contributed by atoms with Gasteiger partial charge in [0.1, 0.15) is 11.8 Å². The summed E-state index contributed by atoms with van der Waals surface area (Å²) in [6.07, 6.45) is 0.296. The molecule has 190 valence electrons. The van der Waals surface area contributed by atoms with Crippen molar-refractivity contribution in [2.75, 3.05) is 27.7 Å². The first kappa shape index (κ1) is 26.2. The van der Waals surface area contributed by atoms with E-state index in [1.165, 1.54) is 28.6 Å². The zero-order valence-electron chi connectivity index (χ0n) is 20.5. The first-order valence-corrected chi connectivity index (χ1v) is 13.4. The van der Waals surface area contributed by atoms with Crippen LogP contribution in [0.4, 0.5) is 0 Å². The number of nitrogens with one attached hydrogen (secondary N) is 1. The van der Waals surface area contributed by atoms with Crippen LogP contribution in [-0.2, 0) is 27.8 Å². The summed E-state index contributed by atoms with van der Waals surface area (Å²) in [6, 6.07) is 20.4. The second kappa shape index (κ2) is 11.0. The Balaban J connectivity index is 1.59. The number of hydrogen-bond acceptors (Lipinski definition) is 5. The van der Waals surface area contributed by atoms with Crippen LogP contribution in [0.15, 0.2) is 77.7 Å². The molecule has 1 heterocycles. The van der Waals surface area contributed by atoms with Gasteiger partial charge in [0.2, 0.25) is 15.9 Å². The molecule has 7 nitrogen and oxygen atoms in total. The van der Waals surface area contributed by atoms with Crippen LogP contribution in [0.25, 0.3) is 0 Å². The number of carbonyl (C=O) groups excluding carboxylic acids is 1. The molecule has 36 heavy (non-hydrogen) atoms. The smallest absolute Gasteiger partial charge is 0.244 e. The summed E-state index contributed by atoms with van der Waals surface area (Å²) < 4.78 is 33.8. The molecule has 0 fully saturated rings. The van der Waals surface area contributed by atoms with Gasteiger partial charge in [-0.1, -0.05) is 48.0 Å². The van der Waals surface area contributed by atoms with Crippen LogP contribution in [0, 0.1) is 0 Å². The van der Waals surface area contributed by atoms with Crippen LogP contribution >= 0.6 is 11.6 Å². The van der Waals surface area contributed by atoms with E-state index in [4.69, 9.17) is 16.3 Å². The highest BCUT2D eigenvalue weighted by Crippen LogP contribution is 2.30. The first-order valence-electron chi connectivity index (χ1n) is 11.6. The zero-order chi connectivity index (χ0) is 25.9. The predicted molar refractivity (Wildman–Crippen MR) is 141 cm³/mol. The quantitative estimate of drug-likeness (QED) is 0.481. The fourth-order valence-electron chi connectivity index (χ4n) is 4.46. The lowest BCUT2D eigenvalue weighted by Crippen LogP contribution is -2.53. The molecule has 4 rings (SSSR count). The van der Waals surface area contributed by atoms with Crippen LogP contribution in [0.2, 0.25) is 5.02 Å². The van der Waals surface area contributed by atoms with E-state index in [2.05, 4.69) is 5.32 Å². The molecule has 1 aliphatic rings. The van der Waals surface area contributed by atoms with Crippen molar-refractivity contribution < 1.29 is 17.9 Å². The number of ether oxygens (including phenoxy) is 1. The average Bonchev–Trinajstić information content (AvgIpc) is 2.88. The highest BCUT2D eigenvalue weighted by atomic mass is 35.5. The number of hydrogen-bond donors (Lipinski definition) is 1. The number of amides is 1. The first-order chi connectivity index (χ1) is 17.2. The van der Waals surface area contributed by atoms with Gasteiger partial charge in [-0.15, -0.1) is 0 Å². The van der Waals surface area contributed by atoms with Gasteiger partial charge in [0.15, 0.2) is 0 Å². The SMILES string of the molecule is COc1ccc([C@H](CNC(=O)[C@H]2Cc3ccccc3CN2S(=O)(=O)c2ccc(Cl)cc2)N(C)C)cc1. The third kappa shape index (κ3) is 5.57. The third-order valence-electron chi connectivity index (χ3n) is 6.52. The highest BCUT2D eigenvalue weighted by molar-refractivity contribution is 7.89. The normalized spacial score (nSPS) is 16.9. The molecule has 0 bridgehead atoms. The van der Waals surface area contributed by atoms with Gasteiger partial charge in [-0.05, 0) is 73.6 Å². The Hall–Kier alpha value is -2.91. The van der Waals surface area contributed by atoms with Crippen molar-refractivity contribution in [3.8, 4) is 5.75 Å². The zero-order valence-corrected chi connectivity index (χ0v) is 22.1. The van der Waals surface area contributed by atoms with Crippen molar-refractivity contribution >= 4 is 27.5 Å². The molecular weight excluding hydrogens is 498 g/mol. The molecule has 2 atom stereocenters. The van der Waals surface area contributed by atoms with Crippen molar-refractivity contribution in [3.63, 3.8) is 0 Å². The molecule has 1 amide bonds. The molecule has 0 aromatic heterocycles. The number of likely N-dealkylation sites (N-methyl/N-ethyl adjacent to an activating group) is 1. The summed E-state index contributed by atoms with van der Waals surface area (Å²) in [5, 5.41) is 3.46. The Morgan fingerprint density at radius 3 is 2.31 bits per heavy atom. The fourth-order valence-corrected chi connectivity index (χ4v) is 6.15. The molecule has 0 radical (unpaired) electrons. The average molecular weight is 528 g/mol. The molecule has 1 aliphatic heterocycles. The number of fused-ring (bicyclic) bond motifs is 1. The molecule has 0 spiro atoms. The number of methoxy groups -OCH3 is 1. The van der Waals surface area contributed by atoms with Gasteiger partial charge in [0.25, 0.3) is 0 Å². The van der Waals surface area contributed by atoms with E-state index in [-0.39, 0.29) is 23.4 Å². The maximum atomic E-state index is 13.6. The van der Waals surface area contributed by atoms with E-state index in [9.17, 15) is 13.2 Å². The molecule has 3 aromatic carbocycles. The van der Waals surface area contributed by atoms with Gasteiger partial charge in [0.05, 0.1) is 18.0 Å². The van der Waals surface area contributed by atoms with E-state index < -0.39 is 16.1 Å². The number of carbonyl (C=O) groups is 1. The second-order valence-electron chi connectivity index (χ2n) is 8.99. The topological polar surface area (TPSA) is 79.0 Å². The van der Waals surface area contributed by atoms with Gasteiger partial charge in [-0.2, -0.15) is 4.31 Å². The molecule has 0 aliphatic carbocycles. The van der Waals surface area contributed by atoms with Gasteiger partial charge in [-0.25, -0.2) is 8.42 Å². The number of halogens is 1. The third-order valence-corrected chi connectivity index (χ3v) is 8.64. The van der Waals surface area contributed by atoms with Gasteiger partial charge in [0, 0.05) is 18.1 Å². The summed E-state index contributed by atoms with van der Waals surface area (Å²) in [5.41, 5.74) is 2.88. The maximum Gasteiger partial charge on any atom is 0.244 e. The molecule has 0 saturated heterocycles. The molecule has 3 aromatic rings. The lowest BCUT2D eigenvalue weighted by molar-refractivity contribution is -0.125. The van der Waals surface area contributed by atoms with Crippen molar-refractivity contribution in [1.82, 2.24) is 14.5 Å². The number of rotatable bonds is 8. The minimum Gasteiger partial charge on any atom is -0.497 e. The second-order valence-corrected chi connectivity index (χ2v) is 11.3. The van der Waals surface area contributed by atoms with Gasteiger partial charge in [-0.3, -0.25) is 4.79 Å². The predicted octanol–water partition coefficient (Wildman–Crippen LogP) is 3.88. The van der Waals surface area contributed by atoms with Crippen molar-refractivity contribution in [2.24, 2.45) is 0 Å². The van der Waals surface area contributed by atoms with E-state index in [1.807, 2.05) is 67.5 Å². The monoisotopic (exact) mass is 527 g/mol. The summed E-state index contributed by atoms with van der Waals surface area (Å²) in [7, 11) is 1.55. The van der Waals surface area contributed by atoms with E-state index in [0.717, 1.165) is 22.4 Å². The fraction of sp³-hybridized carbons (Fsp3) is 0.296. The van der Waals surface area contributed by atoms with Crippen LogP contribution in [0.5, 0.6) is 5.75 Å². The largest absolute Gasteiger partial charge is 0.497 e. The maximum absolute atomic E-state index is 13.6. The number of sulfonamides is 1. The lowest BCUT2D eigenvalue weighted by Gasteiger charge is -2.35. The molecule has 1 N–H and O–H groups in total. The van der Waals surface area contributed by atoms with Crippen LogP contribution in [-0.4, -0.2) is 57.3 Å². The van der Waals surface area contributed by atoms with E-state index >= 15 is 0 Å². The Labute approximate surface area is 217 Å². The Kier molecular flexibility index (Phi) is 8.00. The standard InChI is InChI=1S/C27H30ClN3O4S/c1-30(2)26(19-8-12-23(35-3)13-9-19)17-29-27(32)25-16-20-6-4-5-7-21(20)18-31(25)36(33,34)24-14-10-22(28)11-15-24/h4-15,25-26H,16-18H2,1-3H3,(H,29,32)/t25-,26+/m1/s1. The molecule has 0 unspecified atom stereocenters. The number of benzene rings is 3. The summed E-state index contributed by atoms with van der Waals surface area (Å²) in [5.74, 6) is 0.423. The Morgan fingerprint density at radius 1 is 1.06 bits per heavy atom. The van der Waals surface area contributed by atoms with Crippen LogP contribution in [0.1, 0.15) is 22.7 Å². The van der Waals surface area contributed by atoms with Crippen LogP contribution < -0.4 is 10.1 Å². The minimum atomic E-state index is -3.94. The molecule has 0 saturated carbocycles. The van der Waals surface area contributed by atoms with Gasteiger partial charge < -0.3 is 15.0 Å². The van der Waals surface area contributed by atoms with Crippen molar-refractivity contribution in [2.45, 2.75) is 29.9 Å². The van der Waals surface area contributed by atoms with Gasteiger partial charge >= 0.3 is 0 Å². The van der Waals surface area contributed by atoms with E-state index in [0.29, 0.717) is 18.0 Å². The summed E-state index contributed by atoms with van der Waals surface area (Å²) in [6.45, 7) is 0.444. The molecule has 9 heteroatoms. The molecular formula is C27H30ClN3O4S. The van der Waals surface area contributed by atoms with E-state index in [1.54, 1.807) is 7.11 Å². The summed E-state index contributed by atoms with van der Waals surface area (Å²) in [4.78, 5) is 15.7. The Bertz CT molecular complexity index is 1310. The minimum absolute atomic E-state index is 0.0999. The summed E-state index contributed by atoms with van der Waals surface area (Å²) >= 11 is 5.97. The highest BCUT2D eigenvalue weighted by Gasteiger charge is 2.39. The van der Waals surface area contributed by atoms with Crippen molar-refractivity contribution in [1.29, 1.82) is 0 Å².